The van der Waals surface area contributed by atoms with E-state index in [2.05, 4.69) is 20.9 Å². The summed E-state index contributed by atoms with van der Waals surface area (Å²) in [5, 5.41) is 1.47. The van der Waals surface area contributed by atoms with Crippen LogP contribution < -0.4 is 9.47 Å². The van der Waals surface area contributed by atoms with E-state index in [1.807, 2.05) is 0 Å². The summed E-state index contributed by atoms with van der Waals surface area (Å²) in [4.78, 5) is 8.99. The van der Waals surface area contributed by atoms with Crippen LogP contribution in [0.25, 0.3) is 0 Å². The molecule has 0 aliphatic rings. The molecule has 1 unspecified atom stereocenters. The average molecular weight is 403 g/mol. The maximum Gasteiger partial charge on any atom is 0.171 e. The van der Waals surface area contributed by atoms with Crippen molar-refractivity contribution in [2.45, 2.75) is 19.8 Å². The predicted molar refractivity (Wildman–Crippen MR) is 87.5 cm³/mol. The lowest BCUT2D eigenvalue weighted by molar-refractivity contribution is -0.186. The Kier molecular flexibility index (Phi) is 6.47. The number of hydrogen-bond acceptors (Lipinski definition) is 5. The predicted octanol–water partition coefficient (Wildman–Crippen LogP) is 3.92. The van der Waals surface area contributed by atoms with Gasteiger partial charge in [-0.25, -0.2) is 8.78 Å². The molecule has 2 rings (SSSR count). The van der Waals surface area contributed by atoms with Crippen LogP contribution in [0.2, 0.25) is 0 Å². The van der Waals surface area contributed by atoms with Crippen molar-refractivity contribution in [3.63, 3.8) is 0 Å². The second kappa shape index (κ2) is 8.36. The van der Waals surface area contributed by atoms with Gasteiger partial charge in [-0.05, 0) is 41.1 Å². The highest BCUT2D eigenvalue weighted by molar-refractivity contribution is 9.10. The summed E-state index contributed by atoms with van der Waals surface area (Å²) in [5.74, 6) is -0.276. The molecule has 0 aliphatic heterocycles. The number of ether oxygens (including phenoxy) is 2. The summed E-state index contributed by atoms with van der Waals surface area (Å²) in [7, 11) is 3.20. The third-order valence-electron chi connectivity index (χ3n) is 3.27. The van der Waals surface area contributed by atoms with E-state index in [-0.39, 0.29) is 22.5 Å². The van der Waals surface area contributed by atoms with E-state index in [1.165, 1.54) is 42.6 Å². The largest absolute Gasteiger partial charge is 0.487 e. The van der Waals surface area contributed by atoms with Crippen molar-refractivity contribution in [2.75, 3.05) is 14.2 Å². The van der Waals surface area contributed by atoms with Gasteiger partial charge in [-0.15, -0.1) is 0 Å². The number of aromatic nitrogens is 1. The molecule has 0 fully saturated rings. The SMILES string of the molecule is CON(C)C(C)Oc1cnc(COc2ccc(F)c(Br)c2)c(F)c1. The summed E-state index contributed by atoms with van der Waals surface area (Å²) in [5.41, 5.74) is 0.121. The molecule has 0 spiro atoms. The minimum Gasteiger partial charge on any atom is -0.487 e. The highest BCUT2D eigenvalue weighted by Gasteiger charge is 2.13. The first-order chi connectivity index (χ1) is 11.4. The standard InChI is InChI=1S/C16H17BrF2N2O3/c1-10(21(2)22-3)24-12-7-15(19)16(20-8-12)9-23-11-4-5-14(18)13(17)6-11/h4-8,10H,9H2,1-3H3. The van der Waals surface area contributed by atoms with E-state index < -0.39 is 17.9 Å². The van der Waals surface area contributed by atoms with E-state index >= 15 is 0 Å². The monoisotopic (exact) mass is 402 g/mol. The molecule has 2 aromatic rings. The molecule has 0 amide bonds. The zero-order chi connectivity index (χ0) is 17.7. The molecule has 24 heavy (non-hydrogen) atoms. The molecule has 5 nitrogen and oxygen atoms in total. The summed E-state index contributed by atoms with van der Waals surface area (Å²) in [6, 6.07) is 5.41. The Hall–Kier alpha value is -1.77. The van der Waals surface area contributed by atoms with Crippen LogP contribution in [0.5, 0.6) is 11.5 Å². The first-order valence-corrected chi connectivity index (χ1v) is 7.86. The Bertz CT molecular complexity index is 703. The maximum atomic E-state index is 14.1. The number of pyridine rings is 1. The molecule has 1 aromatic heterocycles. The Morgan fingerprint density at radius 3 is 2.58 bits per heavy atom. The smallest absolute Gasteiger partial charge is 0.171 e. The van der Waals surface area contributed by atoms with Crippen LogP contribution in [-0.2, 0) is 11.4 Å². The fourth-order valence-electron chi connectivity index (χ4n) is 1.76. The maximum absolute atomic E-state index is 14.1. The normalized spacial score (nSPS) is 12.3. The molecule has 0 aliphatic carbocycles. The Labute approximate surface area is 147 Å². The molecule has 1 atom stereocenters. The van der Waals surface area contributed by atoms with Crippen molar-refractivity contribution < 1.29 is 23.1 Å². The van der Waals surface area contributed by atoms with Crippen molar-refractivity contribution in [1.29, 1.82) is 0 Å². The van der Waals surface area contributed by atoms with Gasteiger partial charge in [-0.1, -0.05) is 0 Å². The molecule has 1 heterocycles. The van der Waals surface area contributed by atoms with Crippen LogP contribution in [0.1, 0.15) is 12.6 Å². The third-order valence-corrected chi connectivity index (χ3v) is 3.87. The molecule has 0 radical (unpaired) electrons. The lowest BCUT2D eigenvalue weighted by atomic mass is 10.3. The number of benzene rings is 1. The molecule has 0 saturated heterocycles. The first-order valence-electron chi connectivity index (χ1n) is 7.06. The molecule has 130 valence electrons. The summed E-state index contributed by atoms with van der Waals surface area (Å²) < 4.78 is 38.4. The van der Waals surface area contributed by atoms with Gasteiger partial charge < -0.3 is 9.47 Å². The number of halogens is 3. The zero-order valence-electron chi connectivity index (χ0n) is 13.4. The summed E-state index contributed by atoms with van der Waals surface area (Å²) in [6.07, 6.45) is 0.998. The number of nitrogens with zero attached hydrogens (tertiary/aromatic N) is 2. The molecule has 0 saturated carbocycles. The van der Waals surface area contributed by atoms with Gasteiger partial charge in [0, 0.05) is 13.1 Å². The van der Waals surface area contributed by atoms with Crippen molar-refractivity contribution in [3.8, 4) is 11.5 Å². The van der Waals surface area contributed by atoms with E-state index in [0.29, 0.717) is 5.75 Å². The lowest BCUT2D eigenvalue weighted by Crippen LogP contribution is -2.32. The van der Waals surface area contributed by atoms with Gasteiger partial charge in [0.1, 0.15) is 29.6 Å². The zero-order valence-corrected chi connectivity index (χ0v) is 15.0. The van der Waals surface area contributed by atoms with Gasteiger partial charge in [-0.2, -0.15) is 5.06 Å². The fourth-order valence-corrected chi connectivity index (χ4v) is 2.12. The topological polar surface area (TPSA) is 43.8 Å². The van der Waals surface area contributed by atoms with Crippen LogP contribution in [0.4, 0.5) is 8.78 Å². The van der Waals surface area contributed by atoms with Crippen LogP contribution in [-0.4, -0.2) is 30.4 Å². The van der Waals surface area contributed by atoms with Gasteiger partial charge >= 0.3 is 0 Å². The molecule has 8 heteroatoms. The lowest BCUT2D eigenvalue weighted by Gasteiger charge is -2.22. The van der Waals surface area contributed by atoms with E-state index in [1.54, 1.807) is 14.0 Å². The fraction of sp³-hybridized carbons (Fsp3) is 0.312. The number of rotatable bonds is 7. The van der Waals surface area contributed by atoms with Gasteiger partial charge in [0.15, 0.2) is 12.0 Å². The van der Waals surface area contributed by atoms with E-state index in [0.717, 1.165) is 0 Å². The average Bonchev–Trinajstić information content (AvgIpc) is 2.56. The van der Waals surface area contributed by atoms with E-state index in [9.17, 15) is 8.78 Å². The quantitative estimate of drug-likeness (QED) is 0.518. The minimum absolute atomic E-state index is 0.0856. The van der Waals surface area contributed by atoms with Crippen LogP contribution in [0, 0.1) is 11.6 Å². The molecular weight excluding hydrogens is 386 g/mol. The van der Waals surface area contributed by atoms with Crippen molar-refractivity contribution in [3.05, 3.63) is 52.3 Å². The number of hydroxylamine groups is 2. The Balaban J connectivity index is 2.00. The van der Waals surface area contributed by atoms with Crippen molar-refractivity contribution in [1.82, 2.24) is 10.0 Å². The Morgan fingerprint density at radius 2 is 1.96 bits per heavy atom. The Morgan fingerprint density at radius 1 is 1.21 bits per heavy atom. The highest BCUT2D eigenvalue weighted by Crippen LogP contribution is 2.23. The van der Waals surface area contributed by atoms with Gasteiger partial charge in [-0.3, -0.25) is 9.82 Å². The third kappa shape index (κ3) is 4.86. The minimum atomic E-state index is -0.555. The first kappa shape index (κ1) is 18.6. The second-order valence-corrected chi connectivity index (χ2v) is 5.76. The summed E-state index contributed by atoms with van der Waals surface area (Å²) in [6.45, 7) is 1.67. The van der Waals surface area contributed by atoms with Crippen LogP contribution in [0.3, 0.4) is 0 Å². The molecule has 0 N–H and O–H groups in total. The second-order valence-electron chi connectivity index (χ2n) is 4.91. The van der Waals surface area contributed by atoms with Gasteiger partial charge in [0.2, 0.25) is 0 Å². The summed E-state index contributed by atoms with van der Waals surface area (Å²) >= 11 is 3.06. The van der Waals surface area contributed by atoms with Gasteiger partial charge in [0.25, 0.3) is 0 Å². The molecule has 1 aromatic carbocycles. The molecule has 0 bridgehead atoms. The van der Waals surface area contributed by atoms with Crippen molar-refractivity contribution >= 4 is 15.9 Å². The van der Waals surface area contributed by atoms with Gasteiger partial charge in [0.05, 0.1) is 17.8 Å². The van der Waals surface area contributed by atoms with E-state index in [4.69, 9.17) is 14.3 Å². The van der Waals surface area contributed by atoms with Crippen molar-refractivity contribution in [2.24, 2.45) is 0 Å². The molecular formula is C16H17BrF2N2O3. The van der Waals surface area contributed by atoms with Crippen LogP contribution in [0.15, 0.2) is 34.9 Å². The van der Waals surface area contributed by atoms with Crippen LogP contribution >= 0.6 is 15.9 Å². The number of hydrogen-bond donors (Lipinski definition) is 0. The highest BCUT2D eigenvalue weighted by atomic mass is 79.9.